The Labute approximate surface area is 74.9 Å². The van der Waals surface area contributed by atoms with Crippen molar-refractivity contribution in [1.29, 1.82) is 0 Å². The lowest BCUT2D eigenvalue weighted by atomic mass is 10.2. The first-order chi connectivity index (χ1) is 5.83. The first kappa shape index (κ1) is 9.96. The van der Waals surface area contributed by atoms with Gasteiger partial charge in [0.2, 0.25) is 0 Å². The van der Waals surface area contributed by atoms with Crippen molar-refractivity contribution < 1.29 is 4.74 Å². The Hall–Kier alpha value is -0.120. The second-order valence-corrected chi connectivity index (χ2v) is 3.28. The van der Waals surface area contributed by atoms with Gasteiger partial charge < -0.3 is 10.1 Å². The second-order valence-electron chi connectivity index (χ2n) is 3.28. The lowest BCUT2D eigenvalue weighted by Crippen LogP contribution is -2.43. The lowest BCUT2D eigenvalue weighted by molar-refractivity contribution is 0.0840. The molecule has 1 saturated heterocycles. The summed E-state index contributed by atoms with van der Waals surface area (Å²) >= 11 is 0. The van der Waals surface area contributed by atoms with Crippen LogP contribution >= 0.6 is 0 Å². The van der Waals surface area contributed by atoms with Gasteiger partial charge in [-0.25, -0.2) is 0 Å². The van der Waals surface area contributed by atoms with E-state index in [9.17, 15) is 0 Å². The first-order valence-corrected chi connectivity index (χ1v) is 4.78. The van der Waals surface area contributed by atoms with Crippen LogP contribution in [0.4, 0.5) is 0 Å². The van der Waals surface area contributed by atoms with Gasteiger partial charge in [-0.15, -0.1) is 0 Å². The van der Waals surface area contributed by atoms with Crippen molar-refractivity contribution >= 4 is 0 Å². The van der Waals surface area contributed by atoms with Gasteiger partial charge in [0.25, 0.3) is 0 Å². The van der Waals surface area contributed by atoms with E-state index in [0.717, 1.165) is 25.9 Å². The Balaban J connectivity index is 2.11. The SMILES string of the molecule is CCCC(C)N[C]1CNCCO1. The van der Waals surface area contributed by atoms with Crippen molar-refractivity contribution in [2.24, 2.45) is 0 Å². The topological polar surface area (TPSA) is 33.3 Å². The van der Waals surface area contributed by atoms with E-state index in [4.69, 9.17) is 4.74 Å². The highest BCUT2D eigenvalue weighted by molar-refractivity contribution is 4.84. The zero-order valence-corrected chi connectivity index (χ0v) is 8.02. The molecule has 1 fully saturated rings. The van der Waals surface area contributed by atoms with E-state index >= 15 is 0 Å². The van der Waals surface area contributed by atoms with Crippen molar-refractivity contribution in [2.45, 2.75) is 32.7 Å². The van der Waals surface area contributed by atoms with Gasteiger partial charge in [0.1, 0.15) is 0 Å². The fourth-order valence-electron chi connectivity index (χ4n) is 1.37. The quantitative estimate of drug-likeness (QED) is 0.658. The zero-order chi connectivity index (χ0) is 8.81. The van der Waals surface area contributed by atoms with Crippen molar-refractivity contribution in [1.82, 2.24) is 10.6 Å². The van der Waals surface area contributed by atoms with Crippen LogP contribution in [0.25, 0.3) is 0 Å². The van der Waals surface area contributed by atoms with Crippen LogP contribution < -0.4 is 10.6 Å². The van der Waals surface area contributed by atoms with Crippen LogP contribution in [0.2, 0.25) is 0 Å². The fourth-order valence-corrected chi connectivity index (χ4v) is 1.37. The summed E-state index contributed by atoms with van der Waals surface area (Å²) in [6, 6.07) is 0.532. The van der Waals surface area contributed by atoms with Gasteiger partial charge in [-0.1, -0.05) is 13.3 Å². The summed E-state index contributed by atoms with van der Waals surface area (Å²) in [4.78, 5) is 0. The normalized spacial score (nSPS) is 22.5. The average molecular weight is 171 g/mol. The van der Waals surface area contributed by atoms with Crippen LogP contribution in [-0.2, 0) is 4.74 Å². The lowest BCUT2D eigenvalue weighted by Gasteiger charge is -2.26. The minimum absolute atomic E-state index is 0.532. The van der Waals surface area contributed by atoms with E-state index in [-0.39, 0.29) is 0 Å². The van der Waals surface area contributed by atoms with Crippen LogP contribution in [0.5, 0.6) is 0 Å². The van der Waals surface area contributed by atoms with E-state index in [1.54, 1.807) is 0 Å². The Kier molecular flexibility index (Phi) is 4.58. The number of hydrogen-bond donors (Lipinski definition) is 2. The molecule has 2 N–H and O–H groups in total. The van der Waals surface area contributed by atoms with Gasteiger partial charge in [-0.3, -0.25) is 5.32 Å². The van der Waals surface area contributed by atoms with Gasteiger partial charge in [-0.05, 0) is 13.3 Å². The van der Waals surface area contributed by atoms with Gasteiger partial charge in [0, 0.05) is 19.1 Å². The molecule has 3 heteroatoms. The highest BCUT2D eigenvalue weighted by Crippen LogP contribution is 2.04. The molecule has 0 saturated carbocycles. The van der Waals surface area contributed by atoms with Gasteiger partial charge in [0.05, 0.1) is 6.61 Å². The van der Waals surface area contributed by atoms with Gasteiger partial charge >= 0.3 is 0 Å². The summed E-state index contributed by atoms with van der Waals surface area (Å²) in [6.07, 6.45) is 3.42. The summed E-state index contributed by atoms with van der Waals surface area (Å²) in [6.45, 7) is 7.00. The van der Waals surface area contributed by atoms with Crippen LogP contribution in [0.3, 0.4) is 0 Å². The molecule has 1 radical (unpaired) electrons. The molecule has 1 rings (SSSR count). The molecule has 0 aromatic heterocycles. The number of ether oxygens (including phenoxy) is 1. The predicted octanol–water partition coefficient (Wildman–Crippen LogP) is 0.874. The molecule has 1 unspecified atom stereocenters. The molecule has 1 aliphatic rings. The van der Waals surface area contributed by atoms with Crippen LogP contribution in [-0.4, -0.2) is 25.7 Å². The Morgan fingerprint density at radius 2 is 2.50 bits per heavy atom. The molecule has 0 aromatic rings. The summed E-state index contributed by atoms with van der Waals surface area (Å²) in [5, 5.41) is 6.61. The average Bonchev–Trinajstić information content (AvgIpc) is 2.06. The summed E-state index contributed by atoms with van der Waals surface area (Å²) < 4.78 is 5.44. The highest BCUT2D eigenvalue weighted by atomic mass is 16.5. The smallest absolute Gasteiger partial charge is 0.176 e. The molecule has 0 amide bonds. The number of morpholine rings is 1. The van der Waals surface area contributed by atoms with Crippen molar-refractivity contribution in [3.63, 3.8) is 0 Å². The maximum atomic E-state index is 5.44. The molecule has 0 spiro atoms. The van der Waals surface area contributed by atoms with E-state index < -0.39 is 0 Å². The molecule has 0 aromatic carbocycles. The van der Waals surface area contributed by atoms with E-state index in [1.807, 2.05) is 0 Å². The molecule has 71 valence electrons. The van der Waals surface area contributed by atoms with Crippen LogP contribution in [0.1, 0.15) is 26.7 Å². The first-order valence-electron chi connectivity index (χ1n) is 4.78. The van der Waals surface area contributed by atoms with Crippen molar-refractivity contribution in [3.05, 3.63) is 6.23 Å². The van der Waals surface area contributed by atoms with Crippen molar-refractivity contribution in [3.8, 4) is 0 Å². The molecular formula is C9H19N2O. The largest absolute Gasteiger partial charge is 0.353 e. The Bertz CT molecular complexity index is 113. The molecule has 0 aliphatic carbocycles. The molecule has 1 atom stereocenters. The summed E-state index contributed by atoms with van der Waals surface area (Å²) in [7, 11) is 0. The maximum absolute atomic E-state index is 5.44. The number of hydrogen-bond acceptors (Lipinski definition) is 3. The predicted molar refractivity (Wildman–Crippen MR) is 49.6 cm³/mol. The van der Waals surface area contributed by atoms with Crippen molar-refractivity contribution in [2.75, 3.05) is 19.7 Å². The van der Waals surface area contributed by atoms with Gasteiger partial charge in [-0.2, -0.15) is 0 Å². The van der Waals surface area contributed by atoms with Crippen LogP contribution in [0.15, 0.2) is 0 Å². The van der Waals surface area contributed by atoms with E-state index in [2.05, 4.69) is 24.5 Å². The molecule has 0 bridgehead atoms. The third kappa shape index (κ3) is 3.52. The van der Waals surface area contributed by atoms with E-state index in [1.165, 1.54) is 12.8 Å². The molecule has 12 heavy (non-hydrogen) atoms. The van der Waals surface area contributed by atoms with E-state index in [0.29, 0.717) is 6.04 Å². The standard InChI is InChI=1S/C9H19N2O/c1-3-4-8(2)11-9-7-10-5-6-12-9/h8,10-11H,3-7H2,1-2H3. The molecular weight excluding hydrogens is 152 g/mol. The number of nitrogens with one attached hydrogen (secondary N) is 2. The molecule has 3 nitrogen and oxygen atoms in total. The Morgan fingerprint density at radius 3 is 3.08 bits per heavy atom. The summed E-state index contributed by atoms with van der Waals surface area (Å²) in [5.41, 5.74) is 0. The fraction of sp³-hybridized carbons (Fsp3) is 0.889. The Morgan fingerprint density at radius 1 is 1.67 bits per heavy atom. The highest BCUT2D eigenvalue weighted by Gasteiger charge is 2.15. The molecule has 1 aliphatic heterocycles. The van der Waals surface area contributed by atoms with Gasteiger partial charge in [0.15, 0.2) is 6.23 Å². The summed E-state index contributed by atoms with van der Waals surface area (Å²) in [5.74, 6) is 0. The third-order valence-electron chi connectivity index (χ3n) is 1.97. The second kappa shape index (κ2) is 5.51. The molecule has 1 heterocycles. The minimum atomic E-state index is 0.532. The number of rotatable bonds is 4. The third-order valence-corrected chi connectivity index (χ3v) is 1.97. The van der Waals surface area contributed by atoms with Crippen LogP contribution in [0, 0.1) is 6.23 Å². The monoisotopic (exact) mass is 171 g/mol. The zero-order valence-electron chi connectivity index (χ0n) is 8.02. The maximum Gasteiger partial charge on any atom is 0.176 e. The minimum Gasteiger partial charge on any atom is -0.353 e.